The molecule has 1 nitrogen and oxygen atoms in total. The molecular weight excluding hydrogens is 936 g/mol. The maximum atomic E-state index is 2.49. The normalized spacial score (nSPS) is 15.5. The highest BCUT2D eigenvalue weighted by Crippen LogP contribution is 2.61. The van der Waals surface area contributed by atoms with Gasteiger partial charge in [0.2, 0.25) is 0 Å². The standard InChI is InChI=1S/C29H45P.C24H31P.C16H28NP/c1-19(2)22-17-24(20(3)4)27(25(18-22)21(5)6)23-15-13-14-16-26(23)30(28(7,8)9)29(10,11)12;1-4-12-20(13-5-1)23-18-10-11-19-24(23)25(21-14-6-2-7-15-21)22-16-8-3-9-17-22;1-15(2,3)18(16(4,5)6)14-11-9-13(10-12-14)17(7)8/h13-21H,1-12H3;1,4-5,10-13,18-19,21-22H,2-3,6-9,14-17H2;9-12H,1-8H3. The minimum atomic E-state index is -0.366. The number of hydrogen-bond acceptors (Lipinski definition) is 1. The van der Waals surface area contributed by atoms with E-state index >= 15 is 0 Å². The molecule has 2 fully saturated rings. The fourth-order valence-corrected chi connectivity index (χ4v) is 24.6. The number of anilines is 1. The van der Waals surface area contributed by atoms with Crippen LogP contribution in [0, 0.1) is 0 Å². The molecule has 0 spiro atoms. The first kappa shape index (κ1) is 61.0. The summed E-state index contributed by atoms with van der Waals surface area (Å²) in [6.07, 6.45) is 14.7. The third-order valence-electron chi connectivity index (χ3n) is 15.1. The zero-order valence-electron chi connectivity index (χ0n) is 50.2. The number of rotatable bonds is 11. The third-order valence-corrected chi connectivity index (χ3v) is 25.7. The Labute approximate surface area is 454 Å². The first-order chi connectivity index (χ1) is 34.1. The highest BCUT2D eigenvalue weighted by Gasteiger charge is 2.39. The molecule has 0 saturated heterocycles. The topological polar surface area (TPSA) is 3.24 Å². The van der Waals surface area contributed by atoms with Crippen molar-refractivity contribution in [3.63, 3.8) is 0 Å². The SMILES string of the molecule is CC(C)c1cc(C(C)C)c(-c2ccccc2P(C(C)(C)C)C(C)(C)C)c(C(C)C)c1.CN(C)c1ccc(P(C(C)(C)C)C(C)(C)C)cc1.c1ccc(-c2ccccc2P(C2CCCCC2)C2CCCCC2)cc1. The average molecular weight is 1040 g/mol. The second-order valence-electron chi connectivity index (χ2n) is 26.7. The summed E-state index contributed by atoms with van der Waals surface area (Å²) in [7, 11) is 3.59. The minimum absolute atomic E-state index is 0.0365. The average Bonchev–Trinajstić information content (AvgIpc) is 3.31. The Kier molecular flexibility index (Phi) is 22.2. The van der Waals surface area contributed by atoms with Crippen molar-refractivity contribution < 1.29 is 0 Å². The quantitative estimate of drug-likeness (QED) is 0.119. The Balaban J connectivity index is 0.000000209. The summed E-state index contributed by atoms with van der Waals surface area (Å²) in [5.74, 6) is 1.55. The highest BCUT2D eigenvalue weighted by molar-refractivity contribution is 7.69. The van der Waals surface area contributed by atoms with Gasteiger partial charge in [0.05, 0.1) is 0 Å². The van der Waals surface area contributed by atoms with Gasteiger partial charge in [-0.15, -0.1) is 0 Å². The largest absolute Gasteiger partial charge is 0.378 e. The highest BCUT2D eigenvalue weighted by atomic mass is 31.1. The molecule has 0 aromatic heterocycles. The molecule has 0 atom stereocenters. The monoisotopic (exact) mass is 1040 g/mol. The molecule has 2 aliphatic rings. The van der Waals surface area contributed by atoms with Crippen LogP contribution in [0.15, 0.2) is 115 Å². The molecule has 400 valence electrons. The van der Waals surface area contributed by atoms with Crippen molar-refractivity contribution in [3.05, 3.63) is 132 Å². The molecular formula is C69H104NP3. The predicted octanol–water partition coefficient (Wildman–Crippen LogP) is 21.0. The molecule has 73 heavy (non-hydrogen) atoms. The van der Waals surface area contributed by atoms with Crippen molar-refractivity contribution in [2.24, 2.45) is 0 Å². The van der Waals surface area contributed by atoms with Gasteiger partial charge in [-0.25, -0.2) is 0 Å². The lowest BCUT2D eigenvalue weighted by atomic mass is 9.82. The third kappa shape index (κ3) is 16.6. The van der Waals surface area contributed by atoms with E-state index in [9.17, 15) is 0 Å². The van der Waals surface area contributed by atoms with Gasteiger partial charge in [-0.1, -0.05) is 290 Å². The van der Waals surface area contributed by atoms with Gasteiger partial charge in [0, 0.05) is 19.8 Å². The summed E-state index contributed by atoms with van der Waals surface area (Å²) in [5.41, 5.74) is 13.6. The van der Waals surface area contributed by atoms with E-state index < -0.39 is 0 Å². The van der Waals surface area contributed by atoms with Gasteiger partial charge >= 0.3 is 0 Å². The molecule has 0 bridgehead atoms. The van der Waals surface area contributed by atoms with Crippen LogP contribution in [-0.4, -0.2) is 46.0 Å². The summed E-state index contributed by atoms with van der Waals surface area (Å²) in [6, 6.07) is 43.9. The Morgan fingerprint density at radius 2 is 0.822 bits per heavy atom. The van der Waals surface area contributed by atoms with Crippen LogP contribution in [-0.2, 0) is 0 Å². The molecule has 0 amide bonds. The van der Waals surface area contributed by atoms with Gasteiger partial charge in [0.1, 0.15) is 0 Å². The maximum Gasteiger partial charge on any atom is 0.0361 e. The summed E-state index contributed by atoms with van der Waals surface area (Å²) < 4.78 is 0. The van der Waals surface area contributed by atoms with Crippen LogP contribution in [0.2, 0.25) is 0 Å². The smallest absolute Gasteiger partial charge is 0.0361 e. The number of nitrogens with zero attached hydrogens (tertiary/aromatic N) is 1. The van der Waals surface area contributed by atoms with Gasteiger partial charge in [-0.2, -0.15) is 0 Å². The molecule has 5 aromatic rings. The molecule has 0 N–H and O–H groups in total. The van der Waals surface area contributed by atoms with E-state index in [0.717, 1.165) is 11.3 Å². The van der Waals surface area contributed by atoms with Gasteiger partial charge in [0.15, 0.2) is 0 Å². The fraction of sp³-hybridized carbons (Fsp3) is 0.565. The second-order valence-corrected chi connectivity index (χ2v) is 37.2. The van der Waals surface area contributed by atoms with Crippen LogP contribution in [0.5, 0.6) is 0 Å². The van der Waals surface area contributed by atoms with Gasteiger partial charge in [-0.05, 0) is 142 Å². The summed E-state index contributed by atoms with van der Waals surface area (Å²) in [4.78, 5) is 2.15. The lowest BCUT2D eigenvalue weighted by Gasteiger charge is -2.43. The van der Waals surface area contributed by atoms with E-state index in [-0.39, 0.29) is 34.1 Å². The summed E-state index contributed by atoms with van der Waals surface area (Å²) >= 11 is 0. The molecule has 0 aliphatic heterocycles. The molecule has 4 heteroatoms. The predicted molar refractivity (Wildman–Crippen MR) is 339 cm³/mol. The van der Waals surface area contributed by atoms with Crippen LogP contribution >= 0.6 is 23.8 Å². The first-order valence-electron chi connectivity index (χ1n) is 28.7. The van der Waals surface area contributed by atoms with Crippen molar-refractivity contribution in [2.75, 3.05) is 19.0 Å². The van der Waals surface area contributed by atoms with E-state index in [1.165, 1.54) is 114 Å². The second kappa shape index (κ2) is 26.5. The van der Waals surface area contributed by atoms with Crippen LogP contribution in [0.4, 0.5) is 5.69 Å². The van der Waals surface area contributed by atoms with Crippen molar-refractivity contribution in [1.82, 2.24) is 0 Å². The van der Waals surface area contributed by atoms with E-state index in [1.54, 1.807) is 10.6 Å². The van der Waals surface area contributed by atoms with Crippen molar-refractivity contribution in [1.29, 1.82) is 0 Å². The van der Waals surface area contributed by atoms with E-state index in [0.29, 0.717) is 28.1 Å². The van der Waals surface area contributed by atoms with E-state index in [4.69, 9.17) is 0 Å². The fourth-order valence-electron chi connectivity index (χ4n) is 12.5. The first-order valence-corrected chi connectivity index (χ1v) is 32.9. The molecule has 0 radical (unpaired) electrons. The van der Waals surface area contributed by atoms with Gasteiger partial charge in [0.25, 0.3) is 0 Å². The molecule has 7 rings (SSSR count). The molecule has 0 unspecified atom stereocenters. The molecule has 5 aromatic carbocycles. The summed E-state index contributed by atoms with van der Waals surface area (Å²) in [6.45, 7) is 42.8. The maximum absolute atomic E-state index is 2.49. The van der Waals surface area contributed by atoms with Gasteiger partial charge in [-0.3, -0.25) is 0 Å². The van der Waals surface area contributed by atoms with E-state index in [1.807, 2.05) is 0 Å². The Morgan fingerprint density at radius 1 is 0.425 bits per heavy atom. The lowest BCUT2D eigenvalue weighted by Crippen LogP contribution is -2.32. The Morgan fingerprint density at radius 3 is 1.22 bits per heavy atom. The molecule has 0 heterocycles. The summed E-state index contributed by atoms with van der Waals surface area (Å²) in [5, 5.41) is 5.96. The lowest BCUT2D eigenvalue weighted by molar-refractivity contribution is 0.487. The van der Waals surface area contributed by atoms with Crippen molar-refractivity contribution in [2.45, 2.75) is 239 Å². The zero-order chi connectivity index (χ0) is 54.1. The van der Waals surface area contributed by atoms with Gasteiger partial charge < -0.3 is 4.90 Å². The van der Waals surface area contributed by atoms with E-state index in [2.05, 4.69) is 259 Å². The van der Waals surface area contributed by atoms with Crippen LogP contribution in [0.3, 0.4) is 0 Å². The molecule has 2 saturated carbocycles. The van der Waals surface area contributed by atoms with Crippen LogP contribution in [0.25, 0.3) is 22.3 Å². The van der Waals surface area contributed by atoms with Crippen molar-refractivity contribution >= 4 is 45.4 Å². The van der Waals surface area contributed by atoms with Crippen LogP contribution < -0.4 is 20.8 Å². The number of benzene rings is 5. The minimum Gasteiger partial charge on any atom is -0.378 e. The Hall–Kier alpha value is -2.81. The van der Waals surface area contributed by atoms with Crippen molar-refractivity contribution in [3.8, 4) is 22.3 Å². The molecule has 2 aliphatic carbocycles. The number of hydrogen-bond donors (Lipinski definition) is 0. The Bertz CT molecular complexity index is 2350. The zero-order valence-corrected chi connectivity index (χ0v) is 52.9. The van der Waals surface area contributed by atoms with Crippen LogP contribution in [0.1, 0.15) is 223 Å².